The van der Waals surface area contributed by atoms with Crippen LogP contribution in [0, 0.1) is 17.2 Å². The predicted octanol–water partition coefficient (Wildman–Crippen LogP) is 0.345. The largest absolute Gasteiger partial charge is 0.370 e. The van der Waals surface area contributed by atoms with Crippen molar-refractivity contribution in [1.82, 2.24) is 15.0 Å². The molecule has 1 saturated carbocycles. The van der Waals surface area contributed by atoms with Crippen LogP contribution in [0.5, 0.6) is 0 Å². The maximum atomic E-state index is 10.8. The Morgan fingerprint density at radius 2 is 2.47 bits per heavy atom. The lowest BCUT2D eigenvalue weighted by Gasteiger charge is -2.06. The van der Waals surface area contributed by atoms with Gasteiger partial charge in [0, 0.05) is 6.42 Å². The summed E-state index contributed by atoms with van der Waals surface area (Å²) < 4.78 is 1.64. The fourth-order valence-corrected chi connectivity index (χ4v) is 1.88. The van der Waals surface area contributed by atoms with Crippen molar-refractivity contribution >= 4 is 5.91 Å². The topological polar surface area (TPSA) is 97.6 Å². The Balaban J connectivity index is 2.00. The summed E-state index contributed by atoms with van der Waals surface area (Å²) >= 11 is 0. The highest BCUT2D eigenvalue weighted by molar-refractivity contribution is 5.73. The minimum atomic E-state index is -0.460. The molecule has 1 amide bonds. The number of hydrogen-bond donors (Lipinski definition) is 1. The summed E-state index contributed by atoms with van der Waals surface area (Å²) in [5, 5.41) is 17.0. The zero-order chi connectivity index (χ0) is 12.5. The molecule has 1 aromatic rings. The van der Waals surface area contributed by atoms with Crippen molar-refractivity contribution in [2.75, 3.05) is 0 Å². The first-order valence-electron chi connectivity index (χ1n) is 5.67. The van der Waals surface area contributed by atoms with E-state index in [0.29, 0.717) is 12.8 Å². The molecule has 0 radical (unpaired) electrons. The highest BCUT2D eigenvalue weighted by atomic mass is 16.1. The number of aromatic nitrogens is 3. The van der Waals surface area contributed by atoms with Gasteiger partial charge < -0.3 is 5.73 Å². The van der Waals surface area contributed by atoms with E-state index in [1.165, 1.54) is 0 Å². The van der Waals surface area contributed by atoms with Crippen LogP contribution in [-0.4, -0.2) is 20.9 Å². The molecule has 6 nitrogen and oxygen atoms in total. The minimum absolute atomic E-state index is 0.148. The molecule has 0 bridgehead atoms. The monoisotopic (exact) mass is 233 g/mol. The SMILES string of the molecule is C[C@H](CC(N)=O)Cc1cn(C2(C#N)CC2)nn1. The molecular formula is C11H15N5O. The summed E-state index contributed by atoms with van der Waals surface area (Å²) in [6.07, 6.45) is 4.47. The molecule has 0 unspecified atom stereocenters. The van der Waals surface area contributed by atoms with Gasteiger partial charge in [-0.3, -0.25) is 4.79 Å². The van der Waals surface area contributed by atoms with Crippen molar-refractivity contribution in [3.05, 3.63) is 11.9 Å². The molecule has 1 aromatic heterocycles. The van der Waals surface area contributed by atoms with Gasteiger partial charge in [-0.2, -0.15) is 5.26 Å². The van der Waals surface area contributed by atoms with Crippen LogP contribution in [0.25, 0.3) is 0 Å². The molecule has 6 heteroatoms. The molecule has 1 aliphatic rings. The zero-order valence-corrected chi connectivity index (χ0v) is 9.76. The van der Waals surface area contributed by atoms with Gasteiger partial charge in [-0.1, -0.05) is 12.1 Å². The molecule has 0 spiro atoms. The molecule has 17 heavy (non-hydrogen) atoms. The van der Waals surface area contributed by atoms with Crippen molar-refractivity contribution in [3.63, 3.8) is 0 Å². The van der Waals surface area contributed by atoms with Crippen molar-refractivity contribution in [1.29, 1.82) is 5.26 Å². The molecule has 0 aliphatic heterocycles. The number of carbonyl (C=O) groups excluding carboxylic acids is 1. The van der Waals surface area contributed by atoms with E-state index < -0.39 is 5.54 Å². The number of carbonyl (C=O) groups is 1. The molecule has 1 fully saturated rings. The van der Waals surface area contributed by atoms with E-state index in [4.69, 9.17) is 11.0 Å². The van der Waals surface area contributed by atoms with Crippen LogP contribution in [0.2, 0.25) is 0 Å². The summed E-state index contributed by atoms with van der Waals surface area (Å²) in [6, 6.07) is 2.25. The first-order valence-corrected chi connectivity index (χ1v) is 5.67. The lowest BCUT2D eigenvalue weighted by Crippen LogP contribution is -2.16. The first-order chi connectivity index (χ1) is 8.05. The van der Waals surface area contributed by atoms with Crippen LogP contribution in [-0.2, 0) is 16.8 Å². The van der Waals surface area contributed by atoms with Crippen molar-refractivity contribution < 1.29 is 4.79 Å². The normalized spacial score (nSPS) is 18.4. The van der Waals surface area contributed by atoms with Gasteiger partial charge in [-0.25, -0.2) is 4.68 Å². The Hall–Kier alpha value is -1.90. The number of nitrogens with zero attached hydrogens (tertiary/aromatic N) is 4. The lowest BCUT2D eigenvalue weighted by atomic mass is 10.0. The van der Waals surface area contributed by atoms with Crippen LogP contribution in [0.15, 0.2) is 6.20 Å². The number of nitrogens with two attached hydrogens (primary N) is 1. The van der Waals surface area contributed by atoms with Crippen LogP contribution >= 0.6 is 0 Å². The molecule has 2 rings (SSSR count). The van der Waals surface area contributed by atoms with Crippen LogP contribution in [0.1, 0.15) is 31.9 Å². The maximum Gasteiger partial charge on any atom is 0.217 e. The van der Waals surface area contributed by atoms with Gasteiger partial charge in [-0.05, 0) is 25.2 Å². The summed E-state index contributed by atoms with van der Waals surface area (Å²) in [5.74, 6) is -0.157. The third kappa shape index (κ3) is 2.44. The van der Waals surface area contributed by atoms with Gasteiger partial charge in [0.25, 0.3) is 0 Å². The first kappa shape index (κ1) is 11.6. The smallest absolute Gasteiger partial charge is 0.217 e. The Morgan fingerprint density at radius 3 is 3.00 bits per heavy atom. The highest BCUT2D eigenvalue weighted by Crippen LogP contribution is 2.41. The van der Waals surface area contributed by atoms with Gasteiger partial charge in [0.05, 0.1) is 18.0 Å². The molecule has 2 N–H and O–H groups in total. The molecular weight excluding hydrogens is 218 g/mol. The fraction of sp³-hybridized carbons (Fsp3) is 0.636. The number of hydrogen-bond acceptors (Lipinski definition) is 4. The lowest BCUT2D eigenvalue weighted by molar-refractivity contribution is -0.118. The van der Waals surface area contributed by atoms with Gasteiger partial charge in [0.2, 0.25) is 5.91 Å². The number of rotatable bonds is 5. The molecule has 1 heterocycles. The molecule has 1 aliphatic carbocycles. The molecule has 90 valence electrons. The second-order valence-electron chi connectivity index (χ2n) is 4.78. The number of nitriles is 1. The zero-order valence-electron chi connectivity index (χ0n) is 9.76. The fourth-order valence-electron chi connectivity index (χ4n) is 1.88. The maximum absolute atomic E-state index is 10.8. The Morgan fingerprint density at radius 1 is 1.76 bits per heavy atom. The van der Waals surface area contributed by atoms with Crippen LogP contribution < -0.4 is 5.73 Å². The Kier molecular flexibility index (Phi) is 2.84. The summed E-state index contributed by atoms with van der Waals surface area (Å²) in [5.41, 5.74) is 5.48. The van der Waals surface area contributed by atoms with Crippen molar-refractivity contribution in [2.45, 2.75) is 38.1 Å². The van der Waals surface area contributed by atoms with Gasteiger partial charge >= 0.3 is 0 Å². The van der Waals surface area contributed by atoms with Gasteiger partial charge in [0.15, 0.2) is 5.54 Å². The highest BCUT2D eigenvalue weighted by Gasteiger charge is 2.46. The number of amides is 1. The van der Waals surface area contributed by atoms with Crippen LogP contribution in [0.3, 0.4) is 0 Å². The van der Waals surface area contributed by atoms with Gasteiger partial charge in [-0.15, -0.1) is 5.10 Å². The predicted molar refractivity (Wildman–Crippen MR) is 59.5 cm³/mol. The standard InChI is InChI=1S/C11H15N5O/c1-8(5-10(13)17)4-9-6-16(15-14-9)11(7-12)2-3-11/h6,8H,2-5H2,1H3,(H2,13,17)/t8-/m0/s1. The van der Waals surface area contributed by atoms with E-state index >= 15 is 0 Å². The third-order valence-electron chi connectivity index (χ3n) is 3.02. The molecule has 1 atom stereocenters. The Bertz CT molecular complexity index is 468. The second-order valence-corrected chi connectivity index (χ2v) is 4.78. The molecule has 0 aromatic carbocycles. The Labute approximate surface area is 99.4 Å². The number of primary amides is 1. The second kappa shape index (κ2) is 4.17. The van der Waals surface area contributed by atoms with E-state index in [-0.39, 0.29) is 11.8 Å². The summed E-state index contributed by atoms with van der Waals surface area (Å²) in [4.78, 5) is 10.8. The van der Waals surface area contributed by atoms with E-state index in [2.05, 4.69) is 16.4 Å². The van der Waals surface area contributed by atoms with Crippen LogP contribution in [0.4, 0.5) is 0 Å². The molecule has 0 saturated heterocycles. The van der Waals surface area contributed by atoms with E-state index in [1.807, 2.05) is 6.92 Å². The third-order valence-corrected chi connectivity index (χ3v) is 3.02. The average Bonchev–Trinajstić information content (AvgIpc) is 2.92. The van der Waals surface area contributed by atoms with Crippen molar-refractivity contribution in [3.8, 4) is 6.07 Å². The van der Waals surface area contributed by atoms with E-state index in [9.17, 15) is 4.79 Å². The average molecular weight is 233 g/mol. The van der Waals surface area contributed by atoms with Gasteiger partial charge in [0.1, 0.15) is 0 Å². The minimum Gasteiger partial charge on any atom is -0.370 e. The summed E-state index contributed by atoms with van der Waals surface area (Å²) in [6.45, 7) is 1.95. The summed E-state index contributed by atoms with van der Waals surface area (Å²) in [7, 11) is 0. The van der Waals surface area contributed by atoms with E-state index in [0.717, 1.165) is 18.5 Å². The van der Waals surface area contributed by atoms with Crippen molar-refractivity contribution in [2.24, 2.45) is 11.7 Å². The quantitative estimate of drug-likeness (QED) is 0.793. The van der Waals surface area contributed by atoms with E-state index in [1.54, 1.807) is 10.9 Å².